The smallest absolute Gasteiger partial charge is 0.320 e. The van der Waals surface area contributed by atoms with Gasteiger partial charge in [0.25, 0.3) is 5.56 Å². The summed E-state index contributed by atoms with van der Waals surface area (Å²) in [5.74, 6) is -0.303. The number of nitrogens with one attached hydrogen (secondary N) is 2. The molecule has 94 valence electrons. The Morgan fingerprint density at radius 1 is 1.71 bits per heavy atom. The van der Waals surface area contributed by atoms with Gasteiger partial charge in [-0.3, -0.25) is 9.59 Å². The Hall–Kier alpha value is -1.34. The second-order valence-corrected chi connectivity index (χ2v) is 4.59. The zero-order chi connectivity index (χ0) is 12.8. The van der Waals surface area contributed by atoms with Crippen LogP contribution < -0.4 is 10.9 Å². The van der Waals surface area contributed by atoms with E-state index < -0.39 is 12.0 Å². The monoisotopic (exact) mass is 257 g/mol. The summed E-state index contributed by atoms with van der Waals surface area (Å²) in [7, 11) is 1.61. The first-order chi connectivity index (χ1) is 8.02. The Kier molecular flexibility index (Phi) is 5.17. The number of carbonyl (C=O) groups is 1. The summed E-state index contributed by atoms with van der Waals surface area (Å²) >= 11 is 1.34. The molecule has 1 aromatic heterocycles. The number of nitrogens with zero attached hydrogens (tertiary/aromatic N) is 1. The van der Waals surface area contributed by atoms with Crippen LogP contribution in [0.2, 0.25) is 0 Å². The van der Waals surface area contributed by atoms with Crippen molar-refractivity contribution in [3.8, 4) is 0 Å². The lowest BCUT2D eigenvalue weighted by Crippen LogP contribution is -2.34. The van der Waals surface area contributed by atoms with E-state index in [-0.39, 0.29) is 5.56 Å². The number of aromatic amines is 1. The maximum absolute atomic E-state index is 11.2. The molecular weight excluding hydrogens is 242 g/mol. The first kappa shape index (κ1) is 13.7. The van der Waals surface area contributed by atoms with E-state index >= 15 is 0 Å². The van der Waals surface area contributed by atoms with Gasteiger partial charge >= 0.3 is 5.97 Å². The number of aryl methyl sites for hydroxylation is 1. The molecule has 1 rings (SSSR count). The zero-order valence-electron chi connectivity index (χ0n) is 9.69. The highest BCUT2D eigenvalue weighted by Crippen LogP contribution is 2.13. The van der Waals surface area contributed by atoms with Crippen LogP contribution in [0.1, 0.15) is 12.1 Å². The van der Waals surface area contributed by atoms with Crippen LogP contribution in [0.15, 0.2) is 16.0 Å². The third-order valence-electron chi connectivity index (χ3n) is 2.14. The van der Waals surface area contributed by atoms with Gasteiger partial charge in [-0.05, 0) is 20.4 Å². The Balaban J connectivity index is 2.50. The number of likely N-dealkylation sites (N-methyl/N-ethyl adjacent to an activating group) is 1. The number of hydrogen-bond acceptors (Lipinski definition) is 5. The van der Waals surface area contributed by atoms with E-state index in [1.165, 1.54) is 17.8 Å². The number of rotatable bonds is 6. The standard InChI is InChI=1S/C10H15N3O3S/c1-6-5-8(14)13-10(12-6)17-4-3-7(11-2)9(15)16/h5,7,11H,3-4H2,1-2H3,(H,15,16)(H,12,13,14). The van der Waals surface area contributed by atoms with E-state index in [0.29, 0.717) is 23.0 Å². The first-order valence-corrected chi connectivity index (χ1v) is 6.12. The van der Waals surface area contributed by atoms with Crippen molar-refractivity contribution in [2.75, 3.05) is 12.8 Å². The molecule has 1 atom stereocenters. The van der Waals surface area contributed by atoms with Crippen LogP contribution in [0.25, 0.3) is 0 Å². The second-order valence-electron chi connectivity index (χ2n) is 3.51. The van der Waals surface area contributed by atoms with E-state index in [9.17, 15) is 9.59 Å². The number of aliphatic carboxylic acids is 1. The number of H-pyrrole nitrogens is 1. The third kappa shape index (κ3) is 4.58. The number of carboxylic acids is 1. The average molecular weight is 257 g/mol. The number of thioether (sulfide) groups is 1. The summed E-state index contributed by atoms with van der Waals surface area (Å²) in [6, 6.07) is 0.844. The van der Waals surface area contributed by atoms with Gasteiger partial charge in [-0.25, -0.2) is 4.98 Å². The van der Waals surface area contributed by atoms with Crippen molar-refractivity contribution < 1.29 is 9.90 Å². The summed E-state index contributed by atoms with van der Waals surface area (Å²) < 4.78 is 0. The number of hydrogen-bond donors (Lipinski definition) is 3. The van der Waals surface area contributed by atoms with Gasteiger partial charge in [0.1, 0.15) is 6.04 Å². The van der Waals surface area contributed by atoms with E-state index in [2.05, 4.69) is 15.3 Å². The molecule has 6 nitrogen and oxygen atoms in total. The molecule has 0 saturated carbocycles. The summed E-state index contributed by atoms with van der Waals surface area (Å²) in [5, 5.41) is 12.0. The normalized spacial score (nSPS) is 12.4. The van der Waals surface area contributed by atoms with Crippen molar-refractivity contribution in [2.24, 2.45) is 0 Å². The molecule has 17 heavy (non-hydrogen) atoms. The van der Waals surface area contributed by atoms with E-state index in [0.717, 1.165) is 0 Å². The van der Waals surface area contributed by atoms with Crippen LogP contribution in [0, 0.1) is 6.92 Å². The van der Waals surface area contributed by atoms with Crippen molar-refractivity contribution in [3.05, 3.63) is 22.1 Å². The maximum Gasteiger partial charge on any atom is 0.320 e. The molecule has 1 heterocycles. The highest BCUT2D eigenvalue weighted by Gasteiger charge is 2.14. The van der Waals surface area contributed by atoms with Gasteiger partial charge in [0.15, 0.2) is 5.16 Å². The lowest BCUT2D eigenvalue weighted by atomic mass is 10.2. The summed E-state index contributed by atoms with van der Waals surface area (Å²) in [6.45, 7) is 1.74. The van der Waals surface area contributed by atoms with E-state index in [1.54, 1.807) is 14.0 Å². The maximum atomic E-state index is 11.2. The fourth-order valence-corrected chi connectivity index (χ4v) is 2.21. The average Bonchev–Trinajstić information content (AvgIpc) is 2.22. The van der Waals surface area contributed by atoms with Gasteiger partial charge in [0.05, 0.1) is 0 Å². The van der Waals surface area contributed by atoms with Crippen LogP contribution in [-0.2, 0) is 4.79 Å². The highest BCUT2D eigenvalue weighted by atomic mass is 32.2. The quantitative estimate of drug-likeness (QED) is 0.499. The Morgan fingerprint density at radius 3 is 2.94 bits per heavy atom. The topological polar surface area (TPSA) is 95.1 Å². The fourth-order valence-electron chi connectivity index (χ4n) is 1.28. The zero-order valence-corrected chi connectivity index (χ0v) is 10.5. The van der Waals surface area contributed by atoms with Gasteiger partial charge in [-0.15, -0.1) is 0 Å². The van der Waals surface area contributed by atoms with Crippen LogP contribution in [-0.4, -0.2) is 39.9 Å². The molecule has 0 amide bonds. The molecule has 0 radical (unpaired) electrons. The molecule has 1 unspecified atom stereocenters. The van der Waals surface area contributed by atoms with Crippen LogP contribution in [0.4, 0.5) is 0 Å². The van der Waals surface area contributed by atoms with Crippen LogP contribution in [0.3, 0.4) is 0 Å². The van der Waals surface area contributed by atoms with Gasteiger partial charge < -0.3 is 15.4 Å². The molecule has 0 aliphatic heterocycles. The minimum absolute atomic E-state index is 0.191. The molecule has 0 bridgehead atoms. The Morgan fingerprint density at radius 2 is 2.41 bits per heavy atom. The number of aromatic nitrogens is 2. The minimum Gasteiger partial charge on any atom is -0.480 e. The SMILES string of the molecule is CNC(CCSc1nc(C)cc(=O)[nH]1)C(=O)O. The minimum atomic E-state index is -0.876. The largest absolute Gasteiger partial charge is 0.480 e. The Labute approximate surface area is 103 Å². The molecule has 0 aliphatic carbocycles. The summed E-state index contributed by atoms with van der Waals surface area (Å²) in [6.07, 6.45) is 0.466. The molecule has 0 fully saturated rings. The molecule has 0 aromatic carbocycles. The molecule has 1 aromatic rings. The van der Waals surface area contributed by atoms with Crippen molar-refractivity contribution in [1.29, 1.82) is 0 Å². The third-order valence-corrected chi connectivity index (χ3v) is 3.05. The van der Waals surface area contributed by atoms with Crippen LogP contribution >= 0.6 is 11.8 Å². The predicted octanol–water partition coefficient (Wildman–Crippen LogP) is 0.233. The van der Waals surface area contributed by atoms with Crippen molar-refractivity contribution in [1.82, 2.24) is 15.3 Å². The van der Waals surface area contributed by atoms with E-state index in [4.69, 9.17) is 5.11 Å². The van der Waals surface area contributed by atoms with Gasteiger partial charge in [0.2, 0.25) is 0 Å². The molecule has 0 saturated heterocycles. The molecular formula is C10H15N3O3S. The van der Waals surface area contributed by atoms with Gasteiger partial charge in [0, 0.05) is 17.5 Å². The molecule has 0 spiro atoms. The van der Waals surface area contributed by atoms with Crippen molar-refractivity contribution in [3.63, 3.8) is 0 Å². The fraction of sp³-hybridized carbons (Fsp3) is 0.500. The lowest BCUT2D eigenvalue weighted by Gasteiger charge is -2.09. The van der Waals surface area contributed by atoms with Crippen molar-refractivity contribution >= 4 is 17.7 Å². The summed E-state index contributed by atoms with van der Waals surface area (Å²) in [5.41, 5.74) is 0.461. The predicted molar refractivity (Wildman–Crippen MR) is 65.4 cm³/mol. The number of carboxylic acid groups (broad SMARTS) is 1. The highest BCUT2D eigenvalue weighted by molar-refractivity contribution is 7.99. The van der Waals surface area contributed by atoms with Crippen LogP contribution in [0.5, 0.6) is 0 Å². The second kappa shape index (κ2) is 6.41. The lowest BCUT2D eigenvalue weighted by molar-refractivity contribution is -0.139. The molecule has 7 heteroatoms. The molecule has 3 N–H and O–H groups in total. The van der Waals surface area contributed by atoms with E-state index in [1.807, 2.05) is 0 Å². The van der Waals surface area contributed by atoms with Gasteiger partial charge in [-0.2, -0.15) is 0 Å². The first-order valence-electron chi connectivity index (χ1n) is 5.13. The molecule has 0 aliphatic rings. The summed E-state index contributed by atoms with van der Waals surface area (Å²) in [4.78, 5) is 28.6. The Bertz CT molecular complexity index is 447. The van der Waals surface area contributed by atoms with Gasteiger partial charge in [-0.1, -0.05) is 11.8 Å². The van der Waals surface area contributed by atoms with Crippen molar-refractivity contribution in [2.45, 2.75) is 24.5 Å².